The Bertz CT molecular complexity index is 704. The van der Waals surface area contributed by atoms with E-state index in [9.17, 15) is 0 Å². The van der Waals surface area contributed by atoms with Crippen LogP contribution in [0.4, 0.5) is 0 Å². The molecule has 4 rings (SSSR count). The molecule has 0 radical (unpaired) electrons. The van der Waals surface area contributed by atoms with Crippen molar-refractivity contribution in [1.29, 1.82) is 0 Å². The van der Waals surface area contributed by atoms with Crippen molar-refractivity contribution in [3.05, 3.63) is 23.8 Å². The lowest BCUT2D eigenvalue weighted by atomic mass is 10.0. The van der Waals surface area contributed by atoms with Crippen molar-refractivity contribution in [2.45, 2.75) is 32.2 Å². The van der Waals surface area contributed by atoms with Gasteiger partial charge in [0.1, 0.15) is 11.5 Å². The van der Waals surface area contributed by atoms with E-state index in [1.807, 2.05) is 19.2 Å². The Morgan fingerprint density at radius 3 is 2.46 bits per heavy atom. The lowest BCUT2D eigenvalue weighted by Gasteiger charge is -2.37. The maximum Gasteiger partial charge on any atom is 0.193 e. The summed E-state index contributed by atoms with van der Waals surface area (Å²) in [5, 5.41) is 3.68. The molecule has 0 amide bonds. The van der Waals surface area contributed by atoms with Gasteiger partial charge in [-0.1, -0.05) is 0 Å². The van der Waals surface area contributed by atoms with Gasteiger partial charge in [-0.05, 0) is 55.2 Å². The number of hydrogen-bond donors (Lipinski definition) is 1. The van der Waals surface area contributed by atoms with E-state index in [1.165, 1.54) is 31.2 Å². The highest BCUT2D eigenvalue weighted by Gasteiger charge is 2.53. The topological polar surface area (TPSA) is 49.3 Å². The Morgan fingerprint density at radius 2 is 1.89 bits per heavy atom. The number of piperazine rings is 1. The molecule has 6 nitrogen and oxygen atoms in total. The van der Waals surface area contributed by atoms with E-state index >= 15 is 0 Å². The molecule has 2 saturated carbocycles. The molecule has 1 aromatic rings. The predicted molar refractivity (Wildman–Crippen MR) is 112 cm³/mol. The first-order chi connectivity index (χ1) is 13.7. The Kier molecular flexibility index (Phi) is 5.67. The number of benzene rings is 1. The van der Waals surface area contributed by atoms with Crippen molar-refractivity contribution >= 4 is 5.96 Å². The van der Waals surface area contributed by atoms with Crippen LogP contribution in [-0.2, 0) is 6.54 Å². The lowest BCUT2D eigenvalue weighted by molar-refractivity contribution is 0.170. The largest absolute Gasteiger partial charge is 0.497 e. The molecular formula is C22H34N4O2. The Balaban J connectivity index is 1.29. The summed E-state index contributed by atoms with van der Waals surface area (Å²) in [7, 11) is 5.34. The second-order valence-corrected chi connectivity index (χ2v) is 8.48. The second kappa shape index (κ2) is 8.19. The molecule has 2 aliphatic carbocycles. The van der Waals surface area contributed by atoms with Crippen molar-refractivity contribution in [2.75, 3.05) is 54.0 Å². The highest BCUT2D eigenvalue weighted by molar-refractivity contribution is 5.80. The average Bonchev–Trinajstić information content (AvgIpc) is 3.63. The quantitative estimate of drug-likeness (QED) is 0.577. The van der Waals surface area contributed by atoms with Crippen molar-refractivity contribution in [1.82, 2.24) is 15.1 Å². The number of nitrogens with zero attached hydrogens (tertiary/aromatic N) is 3. The number of nitrogens with one attached hydrogen (secondary N) is 1. The summed E-state index contributed by atoms with van der Waals surface area (Å²) >= 11 is 0. The zero-order valence-corrected chi connectivity index (χ0v) is 17.5. The van der Waals surface area contributed by atoms with Gasteiger partial charge in [0, 0.05) is 51.9 Å². The summed E-state index contributed by atoms with van der Waals surface area (Å²) in [5.41, 5.74) is 1.78. The standard InChI is InChI=1S/C22H34N4O2/c1-23-21(24-16-22(8-9-22)18-4-5-18)26-12-10-25(11-13-26)15-17-14-19(27-2)6-7-20(17)28-3/h6-7,14,18H,4-5,8-13,15-16H2,1-3H3,(H,23,24). The normalized spacial score (nSPS) is 22.1. The zero-order chi connectivity index (χ0) is 19.6. The summed E-state index contributed by atoms with van der Waals surface area (Å²) in [5.74, 6) is 3.86. The van der Waals surface area contributed by atoms with Crippen molar-refractivity contribution in [3.8, 4) is 11.5 Å². The Labute approximate surface area is 168 Å². The van der Waals surface area contributed by atoms with Crippen LogP contribution in [0.1, 0.15) is 31.2 Å². The average molecular weight is 387 g/mol. The molecular weight excluding hydrogens is 352 g/mol. The van der Waals surface area contributed by atoms with Gasteiger partial charge >= 0.3 is 0 Å². The van der Waals surface area contributed by atoms with Gasteiger partial charge in [0.25, 0.3) is 0 Å². The first-order valence-electron chi connectivity index (χ1n) is 10.6. The number of methoxy groups -OCH3 is 2. The second-order valence-electron chi connectivity index (χ2n) is 8.48. The van der Waals surface area contributed by atoms with Gasteiger partial charge in [0.15, 0.2) is 5.96 Å². The van der Waals surface area contributed by atoms with Gasteiger partial charge in [-0.3, -0.25) is 9.89 Å². The van der Waals surface area contributed by atoms with E-state index in [1.54, 1.807) is 14.2 Å². The minimum Gasteiger partial charge on any atom is -0.497 e. The fourth-order valence-corrected chi connectivity index (χ4v) is 4.54. The van der Waals surface area contributed by atoms with Crippen molar-refractivity contribution < 1.29 is 9.47 Å². The summed E-state index contributed by atoms with van der Waals surface area (Å²) in [6.45, 7) is 6.03. The molecule has 0 aromatic heterocycles. The van der Waals surface area contributed by atoms with Crippen molar-refractivity contribution in [3.63, 3.8) is 0 Å². The fraction of sp³-hybridized carbons (Fsp3) is 0.682. The van der Waals surface area contributed by atoms with E-state index in [0.29, 0.717) is 5.41 Å². The molecule has 154 valence electrons. The zero-order valence-electron chi connectivity index (χ0n) is 17.5. The molecule has 3 fully saturated rings. The molecule has 1 aromatic carbocycles. The molecule has 0 spiro atoms. The highest BCUT2D eigenvalue weighted by Crippen LogP contribution is 2.60. The third-order valence-electron chi connectivity index (χ3n) is 6.70. The van der Waals surface area contributed by atoms with Crippen LogP contribution in [0.25, 0.3) is 0 Å². The minimum atomic E-state index is 0.598. The first-order valence-corrected chi connectivity index (χ1v) is 10.6. The van der Waals surface area contributed by atoms with Gasteiger partial charge < -0.3 is 19.7 Å². The summed E-state index contributed by atoms with van der Waals surface area (Å²) in [6, 6.07) is 6.02. The maximum atomic E-state index is 5.54. The fourth-order valence-electron chi connectivity index (χ4n) is 4.54. The number of aliphatic imine (C=N–C) groups is 1. The smallest absolute Gasteiger partial charge is 0.193 e. The monoisotopic (exact) mass is 386 g/mol. The summed E-state index contributed by atoms with van der Waals surface area (Å²) in [6.07, 6.45) is 5.68. The van der Waals surface area contributed by atoms with E-state index in [4.69, 9.17) is 9.47 Å². The molecule has 1 aliphatic heterocycles. The van der Waals surface area contributed by atoms with Crippen LogP contribution in [0.2, 0.25) is 0 Å². The summed E-state index contributed by atoms with van der Waals surface area (Å²) < 4.78 is 10.9. The van der Waals surface area contributed by atoms with Gasteiger partial charge in [0.05, 0.1) is 14.2 Å². The molecule has 28 heavy (non-hydrogen) atoms. The molecule has 0 atom stereocenters. The van der Waals surface area contributed by atoms with Gasteiger partial charge in [0.2, 0.25) is 0 Å². The number of rotatable bonds is 7. The van der Waals surface area contributed by atoms with Crippen LogP contribution in [-0.4, -0.2) is 69.8 Å². The van der Waals surface area contributed by atoms with Crippen molar-refractivity contribution in [2.24, 2.45) is 16.3 Å². The Morgan fingerprint density at radius 1 is 1.14 bits per heavy atom. The van der Waals surface area contributed by atoms with Crippen LogP contribution in [0.3, 0.4) is 0 Å². The van der Waals surface area contributed by atoms with Crippen LogP contribution in [0, 0.1) is 11.3 Å². The SMILES string of the molecule is CN=C(NCC1(C2CC2)CC1)N1CCN(Cc2cc(OC)ccc2OC)CC1. The predicted octanol–water partition coefficient (Wildman–Crippen LogP) is 2.59. The minimum absolute atomic E-state index is 0.598. The lowest BCUT2D eigenvalue weighted by Crippen LogP contribution is -2.53. The van der Waals surface area contributed by atoms with Gasteiger partial charge in [-0.2, -0.15) is 0 Å². The third kappa shape index (κ3) is 4.22. The third-order valence-corrected chi connectivity index (χ3v) is 6.70. The summed E-state index contributed by atoms with van der Waals surface area (Å²) in [4.78, 5) is 9.44. The van der Waals surface area contributed by atoms with Crippen LogP contribution < -0.4 is 14.8 Å². The van der Waals surface area contributed by atoms with E-state index < -0.39 is 0 Å². The first kappa shape index (κ1) is 19.4. The van der Waals surface area contributed by atoms with E-state index in [-0.39, 0.29) is 0 Å². The molecule has 3 aliphatic rings. The Hall–Kier alpha value is -1.95. The van der Waals surface area contributed by atoms with Gasteiger partial charge in [-0.15, -0.1) is 0 Å². The van der Waals surface area contributed by atoms with Crippen LogP contribution >= 0.6 is 0 Å². The molecule has 1 heterocycles. The van der Waals surface area contributed by atoms with E-state index in [0.717, 1.165) is 62.6 Å². The number of hydrogen-bond acceptors (Lipinski definition) is 4. The maximum absolute atomic E-state index is 5.54. The number of guanidine groups is 1. The number of ether oxygens (including phenoxy) is 2. The highest BCUT2D eigenvalue weighted by atomic mass is 16.5. The molecule has 1 N–H and O–H groups in total. The molecule has 1 saturated heterocycles. The molecule has 0 bridgehead atoms. The molecule has 0 unspecified atom stereocenters. The van der Waals surface area contributed by atoms with Crippen LogP contribution in [0.15, 0.2) is 23.2 Å². The van der Waals surface area contributed by atoms with Crippen LogP contribution in [0.5, 0.6) is 11.5 Å². The van der Waals surface area contributed by atoms with E-state index in [2.05, 4.69) is 26.2 Å². The molecule has 6 heteroatoms. The van der Waals surface area contributed by atoms with Gasteiger partial charge in [-0.25, -0.2) is 0 Å².